The van der Waals surface area contributed by atoms with Gasteiger partial charge in [0, 0.05) is 0 Å². The van der Waals surface area contributed by atoms with Gasteiger partial charge in [-0.1, -0.05) is 30.3 Å². The number of carbonyl (C=O) groups is 1. The summed E-state index contributed by atoms with van der Waals surface area (Å²) in [4.78, 5) is 12.5. The van der Waals surface area contributed by atoms with E-state index in [0.717, 1.165) is 6.42 Å². The maximum absolute atomic E-state index is 13.3. The number of carbonyl (C=O) groups excluding carboxylic acids is 1. The Morgan fingerprint density at radius 3 is 2.50 bits per heavy atom. The molecule has 2 aromatic carbocycles. The van der Waals surface area contributed by atoms with Crippen LogP contribution in [0.4, 0.5) is 4.39 Å². The third-order valence-corrected chi connectivity index (χ3v) is 4.48. The van der Waals surface area contributed by atoms with Crippen LogP contribution in [0.25, 0.3) is 5.70 Å². The second-order valence-corrected chi connectivity index (χ2v) is 6.37. The van der Waals surface area contributed by atoms with Crippen molar-refractivity contribution in [3.63, 3.8) is 0 Å². The van der Waals surface area contributed by atoms with Gasteiger partial charge in [0.25, 0.3) is 0 Å². The standard InChI is InChI=1S/C20H19FN2O2S/c1-25-19(24)17-16(12-7-13-5-3-2-4-6-13)22-20(26)23-18(17)14-8-10-15(21)11-9-14/h2-6,8-11,16H,7,12H2,1H3,(H2,22,23,26). The van der Waals surface area contributed by atoms with Gasteiger partial charge >= 0.3 is 5.97 Å². The summed E-state index contributed by atoms with van der Waals surface area (Å²) in [6, 6.07) is 15.7. The number of thiocarbonyl (C=S) groups is 1. The molecule has 2 N–H and O–H groups in total. The second kappa shape index (κ2) is 8.10. The molecule has 1 heterocycles. The molecule has 0 spiro atoms. The van der Waals surface area contributed by atoms with Gasteiger partial charge in [-0.3, -0.25) is 0 Å². The maximum atomic E-state index is 13.3. The molecule has 26 heavy (non-hydrogen) atoms. The van der Waals surface area contributed by atoms with E-state index in [2.05, 4.69) is 10.6 Å². The lowest BCUT2D eigenvalue weighted by Crippen LogP contribution is -2.49. The van der Waals surface area contributed by atoms with Crippen LogP contribution in [0.2, 0.25) is 0 Å². The number of hydrogen-bond acceptors (Lipinski definition) is 3. The Morgan fingerprint density at radius 1 is 1.15 bits per heavy atom. The van der Waals surface area contributed by atoms with E-state index in [1.165, 1.54) is 24.8 Å². The fraction of sp³-hybridized carbons (Fsp3) is 0.200. The van der Waals surface area contributed by atoms with Crippen molar-refractivity contribution in [2.75, 3.05) is 7.11 Å². The van der Waals surface area contributed by atoms with Gasteiger partial charge in [0.05, 0.1) is 24.4 Å². The highest BCUT2D eigenvalue weighted by molar-refractivity contribution is 7.80. The number of methoxy groups -OCH3 is 1. The first-order valence-corrected chi connectivity index (χ1v) is 8.69. The van der Waals surface area contributed by atoms with Gasteiger partial charge in [0.2, 0.25) is 0 Å². The molecule has 2 aromatic rings. The third kappa shape index (κ3) is 4.08. The smallest absolute Gasteiger partial charge is 0.337 e. The van der Waals surface area contributed by atoms with Crippen molar-refractivity contribution in [3.05, 3.63) is 77.1 Å². The Bertz CT molecular complexity index is 835. The molecule has 134 valence electrons. The first kappa shape index (κ1) is 18.1. The summed E-state index contributed by atoms with van der Waals surface area (Å²) in [5.74, 6) is -0.781. The maximum Gasteiger partial charge on any atom is 0.337 e. The van der Waals surface area contributed by atoms with Crippen LogP contribution in [0.15, 0.2) is 60.2 Å². The molecular weight excluding hydrogens is 351 g/mol. The van der Waals surface area contributed by atoms with Crippen LogP contribution in [0.3, 0.4) is 0 Å². The highest BCUT2D eigenvalue weighted by Gasteiger charge is 2.31. The van der Waals surface area contributed by atoms with Crippen molar-refractivity contribution in [1.29, 1.82) is 0 Å². The van der Waals surface area contributed by atoms with E-state index >= 15 is 0 Å². The summed E-state index contributed by atoms with van der Waals surface area (Å²) in [5.41, 5.74) is 2.87. The lowest BCUT2D eigenvalue weighted by atomic mass is 9.93. The topological polar surface area (TPSA) is 50.4 Å². The summed E-state index contributed by atoms with van der Waals surface area (Å²) in [6.07, 6.45) is 1.44. The number of halogens is 1. The third-order valence-electron chi connectivity index (χ3n) is 4.26. The molecule has 1 aliphatic heterocycles. The fourth-order valence-corrected chi connectivity index (χ4v) is 3.24. The normalized spacial score (nSPS) is 16.7. The summed E-state index contributed by atoms with van der Waals surface area (Å²) in [5, 5.41) is 6.60. The van der Waals surface area contributed by atoms with E-state index in [1.807, 2.05) is 30.3 Å². The first-order valence-electron chi connectivity index (χ1n) is 8.28. The molecule has 0 radical (unpaired) electrons. The van der Waals surface area contributed by atoms with Crippen LogP contribution in [0.5, 0.6) is 0 Å². The minimum Gasteiger partial charge on any atom is -0.466 e. The van der Waals surface area contributed by atoms with Crippen molar-refractivity contribution in [2.24, 2.45) is 0 Å². The lowest BCUT2D eigenvalue weighted by molar-refractivity contribution is -0.136. The lowest BCUT2D eigenvalue weighted by Gasteiger charge is -2.30. The number of rotatable bonds is 5. The predicted molar refractivity (Wildman–Crippen MR) is 103 cm³/mol. The van der Waals surface area contributed by atoms with Crippen LogP contribution >= 0.6 is 12.2 Å². The number of ether oxygens (including phenoxy) is 1. The average Bonchev–Trinajstić information content (AvgIpc) is 2.66. The van der Waals surface area contributed by atoms with Crippen LogP contribution < -0.4 is 10.6 Å². The van der Waals surface area contributed by atoms with Crippen molar-refractivity contribution in [2.45, 2.75) is 18.9 Å². The molecule has 6 heteroatoms. The Balaban J connectivity index is 1.95. The highest BCUT2D eigenvalue weighted by atomic mass is 32.1. The van der Waals surface area contributed by atoms with Gasteiger partial charge in [-0.05, 0) is 60.5 Å². The van der Waals surface area contributed by atoms with Crippen LogP contribution in [-0.4, -0.2) is 24.2 Å². The predicted octanol–water partition coefficient (Wildman–Crippen LogP) is 3.19. The van der Waals surface area contributed by atoms with Gasteiger partial charge < -0.3 is 15.4 Å². The second-order valence-electron chi connectivity index (χ2n) is 5.96. The molecule has 3 rings (SSSR count). The van der Waals surface area contributed by atoms with E-state index in [-0.39, 0.29) is 11.9 Å². The quantitative estimate of drug-likeness (QED) is 0.625. The minimum atomic E-state index is -0.440. The average molecular weight is 370 g/mol. The number of esters is 1. The summed E-state index contributed by atoms with van der Waals surface area (Å²) in [6.45, 7) is 0. The van der Waals surface area contributed by atoms with Gasteiger partial charge in [-0.15, -0.1) is 0 Å². The Labute approximate surface area is 157 Å². The van der Waals surface area contributed by atoms with Crippen molar-refractivity contribution in [3.8, 4) is 0 Å². The Kier molecular flexibility index (Phi) is 5.63. The van der Waals surface area contributed by atoms with Gasteiger partial charge in [-0.2, -0.15) is 0 Å². The Morgan fingerprint density at radius 2 is 1.85 bits per heavy atom. The monoisotopic (exact) mass is 370 g/mol. The number of aryl methyl sites for hydroxylation is 1. The molecule has 0 amide bonds. The van der Waals surface area contributed by atoms with Crippen LogP contribution in [-0.2, 0) is 16.0 Å². The molecule has 0 bridgehead atoms. The molecular formula is C20H19FN2O2S. The van der Waals surface area contributed by atoms with E-state index in [1.54, 1.807) is 12.1 Å². The van der Waals surface area contributed by atoms with E-state index in [4.69, 9.17) is 17.0 Å². The summed E-state index contributed by atoms with van der Waals surface area (Å²) in [7, 11) is 1.35. The fourth-order valence-electron chi connectivity index (χ4n) is 2.99. The van der Waals surface area contributed by atoms with Crippen molar-refractivity contribution >= 4 is 29.0 Å². The molecule has 1 unspecified atom stereocenters. The molecule has 0 aliphatic carbocycles. The molecule has 1 aliphatic rings. The number of hydrogen-bond donors (Lipinski definition) is 2. The van der Waals surface area contributed by atoms with Gasteiger partial charge in [-0.25, -0.2) is 9.18 Å². The zero-order chi connectivity index (χ0) is 18.5. The first-order chi connectivity index (χ1) is 12.6. The van der Waals surface area contributed by atoms with E-state index in [9.17, 15) is 9.18 Å². The highest BCUT2D eigenvalue weighted by Crippen LogP contribution is 2.25. The van der Waals surface area contributed by atoms with E-state index < -0.39 is 5.97 Å². The molecule has 1 atom stereocenters. The molecule has 0 saturated carbocycles. The molecule has 4 nitrogen and oxygen atoms in total. The minimum absolute atomic E-state index is 0.295. The summed E-state index contributed by atoms with van der Waals surface area (Å²) >= 11 is 5.31. The summed E-state index contributed by atoms with van der Waals surface area (Å²) < 4.78 is 18.3. The number of nitrogens with one attached hydrogen (secondary N) is 2. The SMILES string of the molecule is COC(=O)C1=C(c2ccc(F)cc2)NC(=S)NC1CCc1ccccc1. The zero-order valence-electron chi connectivity index (χ0n) is 14.3. The largest absolute Gasteiger partial charge is 0.466 e. The van der Waals surface area contributed by atoms with Crippen LogP contribution in [0.1, 0.15) is 17.5 Å². The van der Waals surface area contributed by atoms with Crippen molar-refractivity contribution in [1.82, 2.24) is 10.6 Å². The van der Waals surface area contributed by atoms with Crippen LogP contribution in [0, 0.1) is 5.82 Å². The van der Waals surface area contributed by atoms with Gasteiger partial charge in [0.1, 0.15) is 5.82 Å². The molecule has 0 aromatic heterocycles. The van der Waals surface area contributed by atoms with E-state index in [0.29, 0.717) is 28.4 Å². The molecule has 0 saturated heterocycles. The molecule has 0 fully saturated rings. The number of benzene rings is 2. The zero-order valence-corrected chi connectivity index (χ0v) is 15.1. The Hall–Kier alpha value is -2.73. The van der Waals surface area contributed by atoms with Gasteiger partial charge in [0.15, 0.2) is 5.11 Å². The van der Waals surface area contributed by atoms with Crippen molar-refractivity contribution < 1.29 is 13.9 Å².